The second-order valence-electron chi connectivity index (χ2n) is 7.50. The number of nitrogens with zero attached hydrogens (tertiary/aromatic N) is 1. The van der Waals surface area contributed by atoms with Gasteiger partial charge in [-0.2, -0.15) is 4.31 Å². The van der Waals surface area contributed by atoms with Gasteiger partial charge in [0.25, 0.3) is 0 Å². The van der Waals surface area contributed by atoms with Gasteiger partial charge in [0.05, 0.1) is 11.4 Å². The van der Waals surface area contributed by atoms with Gasteiger partial charge in [-0.3, -0.25) is 4.79 Å². The third-order valence-corrected chi connectivity index (χ3v) is 7.26. The molecule has 0 saturated carbocycles. The van der Waals surface area contributed by atoms with Crippen molar-refractivity contribution < 1.29 is 13.2 Å². The lowest BCUT2D eigenvalue weighted by molar-refractivity contribution is -0.114. The molecule has 1 amide bonds. The van der Waals surface area contributed by atoms with E-state index in [-0.39, 0.29) is 17.3 Å². The molecule has 0 bridgehead atoms. The van der Waals surface area contributed by atoms with Crippen LogP contribution in [0.2, 0.25) is 0 Å². The van der Waals surface area contributed by atoms with Crippen LogP contribution in [0.5, 0.6) is 0 Å². The first-order valence-corrected chi connectivity index (χ1v) is 11.5. The number of hydrogen-bond donors (Lipinski definition) is 2. The fourth-order valence-electron chi connectivity index (χ4n) is 3.46. The van der Waals surface area contributed by atoms with Crippen molar-refractivity contribution in [3.8, 4) is 0 Å². The van der Waals surface area contributed by atoms with Crippen molar-refractivity contribution in [2.24, 2.45) is 0 Å². The molecule has 0 unspecified atom stereocenters. The lowest BCUT2D eigenvalue weighted by atomic mass is 10.1. The number of rotatable bonds is 6. The smallest absolute Gasteiger partial charge is 0.243 e. The molecule has 0 aromatic heterocycles. The normalized spacial score (nSPS) is 15.5. The highest BCUT2D eigenvalue weighted by atomic mass is 32.2. The Hall–Kier alpha value is -2.38. The number of carbonyl (C=O) groups excluding carboxylic acids is 1. The molecule has 0 radical (unpaired) electrons. The molecular weight excluding hydrogens is 386 g/mol. The van der Waals surface area contributed by atoms with Crippen LogP contribution >= 0.6 is 0 Å². The lowest BCUT2D eigenvalue weighted by Crippen LogP contribution is -2.32. The van der Waals surface area contributed by atoms with Crippen LogP contribution in [0, 0.1) is 13.8 Å². The van der Waals surface area contributed by atoms with Gasteiger partial charge >= 0.3 is 0 Å². The van der Waals surface area contributed by atoms with Gasteiger partial charge in [-0.15, -0.1) is 0 Å². The summed E-state index contributed by atoms with van der Waals surface area (Å²) in [5, 5.41) is 5.93. The van der Waals surface area contributed by atoms with Gasteiger partial charge in [-0.1, -0.05) is 31.0 Å². The van der Waals surface area contributed by atoms with E-state index in [1.54, 1.807) is 28.6 Å². The van der Waals surface area contributed by atoms with E-state index in [9.17, 15) is 13.2 Å². The Bertz CT molecular complexity index is 965. The Labute approximate surface area is 173 Å². The highest BCUT2D eigenvalue weighted by Crippen LogP contribution is 2.23. The zero-order chi connectivity index (χ0) is 20.9. The molecule has 1 aliphatic rings. The molecule has 156 valence electrons. The lowest BCUT2D eigenvalue weighted by Gasteiger charge is -2.20. The fourth-order valence-corrected chi connectivity index (χ4v) is 5.02. The molecule has 0 aliphatic carbocycles. The summed E-state index contributed by atoms with van der Waals surface area (Å²) in [5.41, 5.74) is 3.54. The van der Waals surface area contributed by atoms with Crippen molar-refractivity contribution >= 4 is 27.3 Å². The number of aryl methyl sites for hydroxylation is 1. The average Bonchev–Trinajstić information content (AvgIpc) is 3.00. The number of anilines is 2. The Kier molecular flexibility index (Phi) is 6.92. The minimum atomic E-state index is -3.51. The van der Waals surface area contributed by atoms with Crippen LogP contribution in [0.4, 0.5) is 11.4 Å². The topological polar surface area (TPSA) is 78.5 Å². The van der Waals surface area contributed by atoms with Crippen LogP contribution in [-0.4, -0.2) is 38.3 Å². The molecule has 2 N–H and O–H groups in total. The maximum Gasteiger partial charge on any atom is 0.243 e. The van der Waals surface area contributed by atoms with E-state index < -0.39 is 10.0 Å². The van der Waals surface area contributed by atoms with Crippen LogP contribution in [0.3, 0.4) is 0 Å². The molecule has 2 aromatic carbocycles. The van der Waals surface area contributed by atoms with E-state index in [1.807, 2.05) is 32.0 Å². The molecule has 7 heteroatoms. The van der Waals surface area contributed by atoms with E-state index >= 15 is 0 Å². The van der Waals surface area contributed by atoms with Gasteiger partial charge < -0.3 is 10.6 Å². The quantitative estimate of drug-likeness (QED) is 0.750. The number of benzene rings is 2. The van der Waals surface area contributed by atoms with Crippen LogP contribution in [0.1, 0.15) is 36.8 Å². The minimum absolute atomic E-state index is 0.0561. The first-order valence-electron chi connectivity index (χ1n) is 10.1. The average molecular weight is 416 g/mol. The van der Waals surface area contributed by atoms with Crippen LogP contribution in [0.25, 0.3) is 0 Å². The summed E-state index contributed by atoms with van der Waals surface area (Å²) >= 11 is 0. The zero-order valence-corrected chi connectivity index (χ0v) is 17.9. The SMILES string of the molecule is Cc1cccc(NC(=O)CNc2cccc(S(=O)(=O)N3CCCCCC3)c2)c1C. The Balaban J connectivity index is 1.65. The summed E-state index contributed by atoms with van der Waals surface area (Å²) in [6.45, 7) is 5.16. The van der Waals surface area contributed by atoms with E-state index in [1.165, 1.54) is 0 Å². The summed E-state index contributed by atoms with van der Waals surface area (Å²) in [6, 6.07) is 12.5. The monoisotopic (exact) mass is 415 g/mol. The zero-order valence-electron chi connectivity index (χ0n) is 17.1. The minimum Gasteiger partial charge on any atom is -0.376 e. The van der Waals surface area contributed by atoms with Gasteiger partial charge in [0, 0.05) is 24.5 Å². The molecule has 3 rings (SSSR count). The highest BCUT2D eigenvalue weighted by Gasteiger charge is 2.25. The third-order valence-electron chi connectivity index (χ3n) is 5.37. The van der Waals surface area contributed by atoms with E-state index in [2.05, 4.69) is 10.6 Å². The number of sulfonamides is 1. The molecule has 0 atom stereocenters. The Morgan fingerprint density at radius 2 is 1.69 bits per heavy atom. The number of nitrogens with one attached hydrogen (secondary N) is 2. The molecule has 2 aromatic rings. The number of hydrogen-bond acceptors (Lipinski definition) is 4. The molecule has 1 saturated heterocycles. The van der Waals surface area contributed by atoms with Crippen molar-refractivity contribution in [2.75, 3.05) is 30.3 Å². The summed E-state index contributed by atoms with van der Waals surface area (Å²) in [7, 11) is -3.51. The highest BCUT2D eigenvalue weighted by molar-refractivity contribution is 7.89. The van der Waals surface area contributed by atoms with Crippen LogP contribution < -0.4 is 10.6 Å². The van der Waals surface area contributed by atoms with Gasteiger partial charge in [-0.25, -0.2) is 8.42 Å². The standard InChI is InChI=1S/C22H29N3O3S/c1-17-9-7-12-21(18(17)2)24-22(26)16-23-19-10-8-11-20(15-19)29(27,28)25-13-5-3-4-6-14-25/h7-12,15,23H,3-6,13-14,16H2,1-2H3,(H,24,26). The molecule has 29 heavy (non-hydrogen) atoms. The molecule has 6 nitrogen and oxygen atoms in total. The molecule has 1 aliphatic heterocycles. The van der Waals surface area contributed by atoms with Crippen LogP contribution in [-0.2, 0) is 14.8 Å². The van der Waals surface area contributed by atoms with Crippen molar-refractivity contribution in [3.63, 3.8) is 0 Å². The maximum absolute atomic E-state index is 13.0. The second-order valence-corrected chi connectivity index (χ2v) is 9.43. The number of carbonyl (C=O) groups is 1. The third kappa shape index (κ3) is 5.36. The van der Waals surface area contributed by atoms with E-state index in [0.717, 1.165) is 42.5 Å². The van der Waals surface area contributed by atoms with Crippen molar-refractivity contribution in [1.29, 1.82) is 0 Å². The summed E-state index contributed by atoms with van der Waals surface area (Å²) < 4.78 is 27.5. The fraction of sp³-hybridized carbons (Fsp3) is 0.409. The molecule has 0 spiro atoms. The van der Waals surface area contributed by atoms with Gasteiger partial charge in [0.1, 0.15) is 0 Å². The summed E-state index contributed by atoms with van der Waals surface area (Å²) in [6.07, 6.45) is 3.94. The van der Waals surface area contributed by atoms with Crippen molar-refractivity contribution in [3.05, 3.63) is 53.6 Å². The first kappa shape index (κ1) is 21.3. The molecule has 1 heterocycles. The first-order chi connectivity index (χ1) is 13.9. The van der Waals surface area contributed by atoms with E-state index in [4.69, 9.17) is 0 Å². The van der Waals surface area contributed by atoms with Crippen LogP contribution in [0.15, 0.2) is 47.4 Å². The number of amides is 1. The van der Waals surface area contributed by atoms with Gasteiger partial charge in [0.15, 0.2) is 0 Å². The predicted octanol–water partition coefficient (Wildman–Crippen LogP) is 3.92. The Morgan fingerprint density at radius 1 is 1.00 bits per heavy atom. The van der Waals surface area contributed by atoms with Gasteiger partial charge in [-0.05, 0) is 62.1 Å². The van der Waals surface area contributed by atoms with Gasteiger partial charge in [0.2, 0.25) is 15.9 Å². The Morgan fingerprint density at radius 3 is 2.41 bits per heavy atom. The summed E-state index contributed by atoms with van der Waals surface area (Å²) in [4.78, 5) is 12.6. The maximum atomic E-state index is 13.0. The molecular formula is C22H29N3O3S. The van der Waals surface area contributed by atoms with E-state index in [0.29, 0.717) is 18.8 Å². The van der Waals surface area contributed by atoms with Crippen molar-refractivity contribution in [2.45, 2.75) is 44.4 Å². The molecule has 1 fully saturated rings. The largest absolute Gasteiger partial charge is 0.376 e. The second kappa shape index (κ2) is 9.41. The predicted molar refractivity (Wildman–Crippen MR) is 117 cm³/mol. The summed E-state index contributed by atoms with van der Waals surface area (Å²) in [5.74, 6) is -0.181. The van der Waals surface area contributed by atoms with Crippen molar-refractivity contribution in [1.82, 2.24) is 4.31 Å².